The van der Waals surface area contributed by atoms with Gasteiger partial charge in [0.2, 0.25) is 0 Å². The van der Waals surface area contributed by atoms with Crippen LogP contribution in [-0.2, 0) is 6.42 Å². The number of amides is 1. The number of methoxy groups -OCH3 is 1. The summed E-state index contributed by atoms with van der Waals surface area (Å²) in [5.74, 6) is 2.93. The number of aromatic amines is 1. The lowest BCUT2D eigenvalue weighted by atomic mass is 9.93. The van der Waals surface area contributed by atoms with E-state index in [4.69, 9.17) is 4.74 Å². The molecule has 28 heavy (non-hydrogen) atoms. The highest BCUT2D eigenvalue weighted by atomic mass is 16.5. The van der Waals surface area contributed by atoms with Crippen LogP contribution in [-0.4, -0.2) is 51.2 Å². The van der Waals surface area contributed by atoms with Crippen LogP contribution in [0.5, 0.6) is 5.75 Å². The Balaban J connectivity index is 1.32. The highest BCUT2D eigenvalue weighted by molar-refractivity contribution is 5.94. The Bertz CT molecular complexity index is 915. The fourth-order valence-corrected chi connectivity index (χ4v) is 3.55. The van der Waals surface area contributed by atoms with Gasteiger partial charge in [0.25, 0.3) is 5.91 Å². The van der Waals surface area contributed by atoms with Crippen molar-refractivity contribution in [3.63, 3.8) is 0 Å². The molecule has 4 rings (SSSR count). The Kier molecular flexibility index (Phi) is 5.32. The summed E-state index contributed by atoms with van der Waals surface area (Å²) in [5, 5.41) is 7.36. The summed E-state index contributed by atoms with van der Waals surface area (Å²) in [7, 11) is 1.62. The minimum absolute atomic E-state index is 0.0840. The molecular weight excluding hydrogens is 354 g/mol. The van der Waals surface area contributed by atoms with E-state index in [1.165, 1.54) is 0 Å². The maximum Gasteiger partial charge on any atom is 0.253 e. The van der Waals surface area contributed by atoms with Gasteiger partial charge in [-0.05, 0) is 55.2 Å². The number of carbonyl (C=O) groups is 1. The number of H-pyrrole nitrogens is 1. The van der Waals surface area contributed by atoms with Gasteiger partial charge in [-0.1, -0.05) is 0 Å². The van der Waals surface area contributed by atoms with Crippen molar-refractivity contribution in [1.82, 2.24) is 25.1 Å². The summed E-state index contributed by atoms with van der Waals surface area (Å²) in [4.78, 5) is 23.2. The summed E-state index contributed by atoms with van der Waals surface area (Å²) < 4.78 is 5.15. The summed E-state index contributed by atoms with van der Waals surface area (Å²) in [6.07, 6.45) is 6.25. The van der Waals surface area contributed by atoms with Crippen molar-refractivity contribution in [2.45, 2.75) is 19.3 Å². The van der Waals surface area contributed by atoms with Crippen LogP contribution in [0, 0.1) is 5.92 Å². The molecule has 1 fully saturated rings. The molecule has 1 saturated heterocycles. The maximum atomic E-state index is 12.7. The number of nitrogens with one attached hydrogen (secondary N) is 1. The van der Waals surface area contributed by atoms with Gasteiger partial charge in [-0.25, -0.2) is 4.98 Å². The van der Waals surface area contributed by atoms with Gasteiger partial charge in [0, 0.05) is 43.0 Å². The Labute approximate surface area is 163 Å². The Hall–Kier alpha value is -3.22. The smallest absolute Gasteiger partial charge is 0.253 e. The lowest BCUT2D eigenvalue weighted by Gasteiger charge is -2.31. The maximum absolute atomic E-state index is 12.7. The number of rotatable bonds is 5. The fourth-order valence-electron chi connectivity index (χ4n) is 3.55. The molecule has 7 nitrogen and oxygen atoms in total. The summed E-state index contributed by atoms with van der Waals surface area (Å²) in [6.45, 7) is 1.53. The molecule has 0 spiro atoms. The highest BCUT2D eigenvalue weighted by Crippen LogP contribution is 2.23. The van der Waals surface area contributed by atoms with Gasteiger partial charge in [-0.15, -0.1) is 0 Å². The van der Waals surface area contributed by atoms with E-state index in [2.05, 4.69) is 20.2 Å². The van der Waals surface area contributed by atoms with Gasteiger partial charge in [0.1, 0.15) is 11.6 Å². The van der Waals surface area contributed by atoms with Crippen LogP contribution in [0.3, 0.4) is 0 Å². The fraction of sp³-hybridized carbons (Fsp3) is 0.333. The molecule has 2 aromatic heterocycles. The molecule has 0 bridgehead atoms. The third kappa shape index (κ3) is 4.03. The van der Waals surface area contributed by atoms with E-state index in [0.29, 0.717) is 17.3 Å². The van der Waals surface area contributed by atoms with Crippen LogP contribution in [0.15, 0.2) is 48.8 Å². The largest absolute Gasteiger partial charge is 0.497 e. The Morgan fingerprint density at radius 2 is 1.86 bits per heavy atom. The topological polar surface area (TPSA) is 84.0 Å². The number of ether oxygens (including phenoxy) is 1. The van der Waals surface area contributed by atoms with E-state index >= 15 is 0 Å². The van der Waals surface area contributed by atoms with Crippen LogP contribution in [0.1, 0.15) is 29.0 Å². The Morgan fingerprint density at radius 3 is 2.54 bits per heavy atom. The number of aromatic nitrogens is 4. The molecule has 0 radical (unpaired) electrons. The van der Waals surface area contributed by atoms with Gasteiger partial charge in [-0.2, -0.15) is 5.10 Å². The number of pyridine rings is 1. The minimum Gasteiger partial charge on any atom is -0.497 e. The first kappa shape index (κ1) is 18.2. The van der Waals surface area contributed by atoms with Gasteiger partial charge in [-0.3, -0.25) is 14.9 Å². The monoisotopic (exact) mass is 377 g/mol. The number of nitrogens with zero attached hydrogens (tertiary/aromatic N) is 4. The normalized spacial score (nSPS) is 14.8. The van der Waals surface area contributed by atoms with Gasteiger partial charge < -0.3 is 9.64 Å². The zero-order valence-electron chi connectivity index (χ0n) is 15.8. The number of carbonyl (C=O) groups excluding carboxylic acids is 1. The average Bonchev–Trinajstić information content (AvgIpc) is 3.23. The van der Waals surface area contributed by atoms with Crippen molar-refractivity contribution < 1.29 is 9.53 Å². The van der Waals surface area contributed by atoms with E-state index in [-0.39, 0.29) is 5.91 Å². The SMILES string of the molecule is COc1ccc(C(=O)N2CCC(Cc3nc(-c4ccncc4)n[nH]3)CC2)cc1. The standard InChI is InChI=1S/C21H23N5O2/c1-28-18-4-2-17(3-5-18)21(27)26-12-8-15(9-13-26)14-19-23-20(25-24-19)16-6-10-22-11-7-16/h2-7,10-11,15H,8-9,12-14H2,1H3,(H,23,24,25). The highest BCUT2D eigenvalue weighted by Gasteiger charge is 2.24. The molecule has 0 unspecified atom stereocenters. The number of likely N-dealkylation sites (tertiary alicyclic amines) is 1. The van der Waals surface area contributed by atoms with Crippen LogP contribution in [0.2, 0.25) is 0 Å². The van der Waals surface area contributed by atoms with E-state index in [0.717, 1.165) is 49.5 Å². The second-order valence-electron chi connectivity index (χ2n) is 7.01. The van der Waals surface area contributed by atoms with Crippen molar-refractivity contribution >= 4 is 5.91 Å². The van der Waals surface area contributed by atoms with Crippen LogP contribution in [0.25, 0.3) is 11.4 Å². The molecule has 144 valence electrons. The second kappa shape index (κ2) is 8.21. The predicted octanol–water partition coefficient (Wildman–Crippen LogP) is 2.97. The third-order valence-electron chi connectivity index (χ3n) is 5.19. The number of benzene rings is 1. The van der Waals surface area contributed by atoms with Crippen molar-refractivity contribution in [2.24, 2.45) is 5.92 Å². The van der Waals surface area contributed by atoms with E-state index in [1.807, 2.05) is 41.3 Å². The van der Waals surface area contributed by atoms with E-state index < -0.39 is 0 Å². The van der Waals surface area contributed by atoms with Crippen LogP contribution in [0.4, 0.5) is 0 Å². The molecule has 7 heteroatoms. The number of piperidine rings is 1. The number of hydrogen-bond acceptors (Lipinski definition) is 5. The molecule has 0 saturated carbocycles. The van der Waals surface area contributed by atoms with Crippen molar-refractivity contribution in [3.8, 4) is 17.1 Å². The molecule has 1 aliphatic heterocycles. The molecule has 0 aliphatic carbocycles. The summed E-state index contributed by atoms with van der Waals surface area (Å²) >= 11 is 0. The molecule has 1 aromatic carbocycles. The second-order valence-corrected chi connectivity index (χ2v) is 7.01. The molecule has 3 heterocycles. The van der Waals surface area contributed by atoms with Crippen LogP contribution >= 0.6 is 0 Å². The van der Waals surface area contributed by atoms with Crippen molar-refractivity contribution in [3.05, 3.63) is 60.2 Å². The Morgan fingerprint density at radius 1 is 1.14 bits per heavy atom. The first-order valence-corrected chi connectivity index (χ1v) is 9.48. The molecular formula is C21H23N5O2. The van der Waals surface area contributed by atoms with Gasteiger partial charge in [0.05, 0.1) is 7.11 Å². The quantitative estimate of drug-likeness (QED) is 0.739. The first-order valence-electron chi connectivity index (χ1n) is 9.48. The molecule has 1 aliphatic rings. The van der Waals surface area contributed by atoms with Crippen LogP contribution < -0.4 is 4.74 Å². The zero-order chi connectivity index (χ0) is 19.3. The zero-order valence-corrected chi connectivity index (χ0v) is 15.8. The first-order chi connectivity index (χ1) is 13.7. The molecule has 1 N–H and O–H groups in total. The summed E-state index contributed by atoms with van der Waals surface area (Å²) in [5.41, 5.74) is 1.66. The van der Waals surface area contributed by atoms with Gasteiger partial charge in [0.15, 0.2) is 5.82 Å². The number of hydrogen-bond donors (Lipinski definition) is 1. The van der Waals surface area contributed by atoms with Crippen molar-refractivity contribution in [2.75, 3.05) is 20.2 Å². The lowest BCUT2D eigenvalue weighted by Crippen LogP contribution is -2.39. The summed E-state index contributed by atoms with van der Waals surface area (Å²) in [6, 6.07) is 11.1. The molecule has 0 atom stereocenters. The lowest BCUT2D eigenvalue weighted by molar-refractivity contribution is 0.0690. The molecule has 3 aromatic rings. The predicted molar refractivity (Wildman–Crippen MR) is 105 cm³/mol. The minimum atomic E-state index is 0.0840. The van der Waals surface area contributed by atoms with E-state index in [1.54, 1.807) is 19.5 Å². The van der Waals surface area contributed by atoms with E-state index in [9.17, 15) is 4.79 Å². The average molecular weight is 377 g/mol. The third-order valence-corrected chi connectivity index (χ3v) is 5.19. The van der Waals surface area contributed by atoms with Crippen molar-refractivity contribution in [1.29, 1.82) is 0 Å². The van der Waals surface area contributed by atoms with Gasteiger partial charge >= 0.3 is 0 Å². The molecule has 1 amide bonds.